The van der Waals surface area contributed by atoms with E-state index in [-0.39, 0.29) is 24.0 Å². The third kappa shape index (κ3) is 6.22. The Bertz CT molecular complexity index is 955. The zero-order valence-corrected chi connectivity index (χ0v) is 19.3. The molecule has 0 unspecified atom stereocenters. The van der Waals surface area contributed by atoms with Crippen LogP contribution in [-0.2, 0) is 13.1 Å². The van der Waals surface area contributed by atoms with Crippen molar-refractivity contribution in [1.82, 2.24) is 15.8 Å². The van der Waals surface area contributed by atoms with Crippen molar-refractivity contribution in [2.24, 2.45) is 10.9 Å². The molecule has 158 valence electrons. The van der Waals surface area contributed by atoms with Gasteiger partial charge in [0.05, 0.1) is 13.2 Å². The van der Waals surface area contributed by atoms with E-state index < -0.39 is 0 Å². The zero-order valence-electron chi connectivity index (χ0n) is 17.0. The maximum absolute atomic E-state index is 5.98. The molecule has 1 heterocycles. The summed E-state index contributed by atoms with van der Waals surface area (Å²) in [6.45, 7) is 1.96. The van der Waals surface area contributed by atoms with Crippen LogP contribution in [0.1, 0.15) is 24.1 Å². The van der Waals surface area contributed by atoms with Crippen molar-refractivity contribution in [1.29, 1.82) is 0 Å². The fraction of sp³-hybridized carbons (Fsp3) is 0.304. The second-order valence-corrected chi connectivity index (χ2v) is 7.19. The Kier molecular flexibility index (Phi) is 8.12. The smallest absolute Gasteiger partial charge is 0.191 e. The molecule has 3 aromatic rings. The lowest BCUT2D eigenvalue weighted by molar-refractivity contribution is 0.296. The second kappa shape index (κ2) is 11.0. The molecule has 30 heavy (non-hydrogen) atoms. The van der Waals surface area contributed by atoms with Crippen molar-refractivity contribution in [2.45, 2.75) is 25.9 Å². The number of aliphatic imine (C=N–C) groups is 1. The third-order valence-corrected chi connectivity index (χ3v) is 4.87. The van der Waals surface area contributed by atoms with E-state index in [4.69, 9.17) is 9.26 Å². The predicted molar refractivity (Wildman–Crippen MR) is 129 cm³/mol. The molecule has 0 bridgehead atoms. The molecular weight excluding hydrogens is 491 g/mol. The summed E-state index contributed by atoms with van der Waals surface area (Å²) >= 11 is 0. The first-order valence-electron chi connectivity index (χ1n) is 9.98. The quantitative estimate of drug-likeness (QED) is 0.259. The van der Waals surface area contributed by atoms with Gasteiger partial charge in [0.15, 0.2) is 11.7 Å². The van der Waals surface area contributed by atoms with Gasteiger partial charge in [0.1, 0.15) is 11.4 Å². The Morgan fingerprint density at radius 2 is 1.80 bits per heavy atom. The van der Waals surface area contributed by atoms with E-state index in [9.17, 15) is 0 Å². The van der Waals surface area contributed by atoms with Gasteiger partial charge in [-0.1, -0.05) is 53.7 Å². The fourth-order valence-corrected chi connectivity index (χ4v) is 2.99. The molecular formula is C23H27IN4O2. The minimum atomic E-state index is 0. The van der Waals surface area contributed by atoms with E-state index in [0.717, 1.165) is 40.9 Å². The van der Waals surface area contributed by atoms with Crippen LogP contribution < -0.4 is 15.4 Å². The van der Waals surface area contributed by atoms with Gasteiger partial charge in [-0.15, -0.1) is 24.0 Å². The number of guanidine groups is 1. The summed E-state index contributed by atoms with van der Waals surface area (Å²) in [5.41, 5.74) is 2.94. The first-order chi connectivity index (χ1) is 14.3. The fourth-order valence-electron chi connectivity index (χ4n) is 2.99. The van der Waals surface area contributed by atoms with E-state index in [1.807, 2.05) is 54.6 Å². The monoisotopic (exact) mass is 518 g/mol. The van der Waals surface area contributed by atoms with Crippen LogP contribution in [0.2, 0.25) is 0 Å². The first-order valence-corrected chi connectivity index (χ1v) is 9.98. The average molecular weight is 518 g/mol. The number of ether oxygens (including phenoxy) is 1. The Hall–Kier alpha value is -2.55. The Labute approximate surface area is 194 Å². The lowest BCUT2D eigenvalue weighted by atomic mass is 10.2. The molecule has 0 saturated heterocycles. The van der Waals surface area contributed by atoms with Gasteiger partial charge in [-0.05, 0) is 24.8 Å². The molecule has 1 aliphatic rings. The van der Waals surface area contributed by atoms with Crippen LogP contribution in [-0.4, -0.2) is 24.8 Å². The number of rotatable bonds is 8. The number of hydrogen-bond donors (Lipinski definition) is 2. The van der Waals surface area contributed by atoms with Crippen LogP contribution in [0.25, 0.3) is 11.3 Å². The number of hydrogen-bond acceptors (Lipinski definition) is 4. The third-order valence-electron chi connectivity index (χ3n) is 4.87. The summed E-state index contributed by atoms with van der Waals surface area (Å²) in [6.07, 6.45) is 2.57. The Morgan fingerprint density at radius 3 is 2.57 bits per heavy atom. The second-order valence-electron chi connectivity index (χ2n) is 7.19. The Morgan fingerprint density at radius 1 is 1.07 bits per heavy atom. The van der Waals surface area contributed by atoms with Crippen LogP contribution in [0.3, 0.4) is 0 Å². The van der Waals surface area contributed by atoms with Crippen molar-refractivity contribution in [2.75, 3.05) is 13.7 Å². The predicted octanol–water partition coefficient (Wildman–Crippen LogP) is 4.61. The lowest BCUT2D eigenvalue weighted by Gasteiger charge is -2.14. The molecule has 6 nitrogen and oxygen atoms in total. The summed E-state index contributed by atoms with van der Waals surface area (Å²) in [5.74, 6) is 3.12. The normalized spacial score (nSPS) is 13.4. The molecule has 2 aromatic carbocycles. The van der Waals surface area contributed by atoms with Gasteiger partial charge in [0.25, 0.3) is 0 Å². The maximum atomic E-state index is 5.98. The average Bonchev–Trinajstić information content (AvgIpc) is 3.49. The largest absolute Gasteiger partial charge is 0.493 e. The molecule has 4 rings (SSSR count). The molecule has 1 fully saturated rings. The van der Waals surface area contributed by atoms with Gasteiger partial charge in [-0.3, -0.25) is 4.99 Å². The van der Waals surface area contributed by atoms with Crippen molar-refractivity contribution in [3.63, 3.8) is 0 Å². The zero-order chi connectivity index (χ0) is 19.9. The van der Waals surface area contributed by atoms with E-state index >= 15 is 0 Å². The molecule has 1 aromatic heterocycles. The van der Waals surface area contributed by atoms with E-state index in [0.29, 0.717) is 19.0 Å². The molecule has 0 aliphatic heterocycles. The topological polar surface area (TPSA) is 71.7 Å². The van der Waals surface area contributed by atoms with Crippen molar-refractivity contribution in [3.05, 3.63) is 71.9 Å². The van der Waals surface area contributed by atoms with Gasteiger partial charge in [0, 0.05) is 30.8 Å². The highest BCUT2D eigenvalue weighted by molar-refractivity contribution is 14.0. The molecule has 1 aliphatic carbocycles. The van der Waals surface area contributed by atoms with Gasteiger partial charge in [-0.2, -0.15) is 0 Å². The summed E-state index contributed by atoms with van der Waals surface area (Å²) in [4.78, 5) is 4.29. The SMILES string of the molecule is CN=C(NCc1cc(-c2ccccc2)on1)NCc1ccccc1OCC1CC1.I. The van der Waals surface area contributed by atoms with E-state index in [2.05, 4.69) is 26.8 Å². The number of benzene rings is 2. The number of para-hydroxylation sites is 1. The summed E-state index contributed by atoms with van der Waals surface area (Å²) in [5, 5.41) is 10.8. The van der Waals surface area contributed by atoms with Gasteiger partial charge in [0.2, 0.25) is 0 Å². The highest BCUT2D eigenvalue weighted by atomic mass is 127. The number of aromatic nitrogens is 1. The highest BCUT2D eigenvalue weighted by Gasteiger charge is 2.22. The van der Waals surface area contributed by atoms with E-state index in [1.54, 1.807) is 7.05 Å². The molecule has 0 spiro atoms. The minimum Gasteiger partial charge on any atom is -0.493 e. The number of halogens is 1. The summed E-state index contributed by atoms with van der Waals surface area (Å²) in [7, 11) is 1.75. The minimum absolute atomic E-state index is 0. The molecule has 7 heteroatoms. The van der Waals surface area contributed by atoms with Crippen LogP contribution in [0.4, 0.5) is 0 Å². The van der Waals surface area contributed by atoms with Crippen molar-refractivity contribution >= 4 is 29.9 Å². The number of nitrogens with one attached hydrogen (secondary N) is 2. The standard InChI is InChI=1S/C23H26N4O2.HI/c1-24-23(25-14-19-9-5-6-10-21(19)28-16-17-11-12-17)26-15-20-13-22(29-27-20)18-7-3-2-4-8-18;/h2-10,13,17H,11-12,14-16H2,1H3,(H2,24,25,26);1H. The lowest BCUT2D eigenvalue weighted by Crippen LogP contribution is -2.36. The van der Waals surface area contributed by atoms with Gasteiger partial charge >= 0.3 is 0 Å². The van der Waals surface area contributed by atoms with Crippen molar-refractivity contribution < 1.29 is 9.26 Å². The van der Waals surface area contributed by atoms with Crippen LogP contribution in [0, 0.1) is 5.92 Å². The maximum Gasteiger partial charge on any atom is 0.191 e. The molecule has 0 radical (unpaired) electrons. The van der Waals surface area contributed by atoms with Gasteiger partial charge in [-0.25, -0.2) is 0 Å². The molecule has 0 amide bonds. The van der Waals surface area contributed by atoms with Crippen LogP contribution in [0.15, 0.2) is 70.2 Å². The molecule has 1 saturated carbocycles. The summed E-state index contributed by atoms with van der Waals surface area (Å²) in [6, 6.07) is 20.0. The summed E-state index contributed by atoms with van der Waals surface area (Å²) < 4.78 is 11.4. The molecule has 2 N–H and O–H groups in total. The Balaban J connectivity index is 0.00000256. The molecule has 0 atom stereocenters. The van der Waals surface area contributed by atoms with E-state index in [1.165, 1.54) is 12.8 Å². The highest BCUT2D eigenvalue weighted by Crippen LogP contribution is 2.30. The first kappa shape index (κ1) is 22.1. The van der Waals surface area contributed by atoms with Crippen molar-refractivity contribution in [3.8, 4) is 17.1 Å². The number of nitrogens with zero attached hydrogens (tertiary/aromatic N) is 2. The van der Waals surface area contributed by atoms with Crippen LogP contribution in [0.5, 0.6) is 5.75 Å². The van der Waals surface area contributed by atoms with Crippen LogP contribution >= 0.6 is 24.0 Å². The van der Waals surface area contributed by atoms with Gasteiger partial charge < -0.3 is 19.9 Å².